The Morgan fingerprint density at radius 1 is 1.17 bits per heavy atom. The van der Waals surface area contributed by atoms with Crippen LogP contribution in [0.15, 0.2) is 60.8 Å². The molecule has 152 valence electrons. The fraction of sp³-hybridized carbons (Fsp3) is 0.130. The van der Waals surface area contributed by atoms with E-state index in [4.69, 9.17) is 16.3 Å². The van der Waals surface area contributed by atoms with Gasteiger partial charge >= 0.3 is 0 Å². The lowest BCUT2D eigenvalue weighted by molar-refractivity contribution is -0.118. The van der Waals surface area contributed by atoms with E-state index in [9.17, 15) is 9.59 Å². The van der Waals surface area contributed by atoms with E-state index >= 15 is 0 Å². The monoisotopic (exact) mass is 421 g/mol. The normalized spacial score (nSPS) is 14.2. The Morgan fingerprint density at radius 3 is 2.60 bits per heavy atom. The highest BCUT2D eigenvalue weighted by Gasteiger charge is 2.34. The summed E-state index contributed by atoms with van der Waals surface area (Å²) in [6.45, 7) is -0.107. The van der Waals surface area contributed by atoms with Gasteiger partial charge < -0.3 is 14.6 Å². The lowest BCUT2D eigenvalue weighted by atomic mass is 10.1. The van der Waals surface area contributed by atoms with Crippen LogP contribution in [0, 0.1) is 0 Å². The lowest BCUT2D eigenvalue weighted by Gasteiger charge is -2.17. The topological polar surface area (TPSA) is 63.6 Å². The van der Waals surface area contributed by atoms with Crippen LogP contribution in [0.5, 0.6) is 5.75 Å². The molecule has 0 bridgehead atoms. The number of rotatable bonds is 5. The number of fused-ring (bicyclic) bond motifs is 1. The molecule has 7 heteroatoms. The number of ether oxygens (including phenoxy) is 1. The van der Waals surface area contributed by atoms with Crippen molar-refractivity contribution in [2.45, 2.75) is 0 Å². The number of anilines is 2. The van der Waals surface area contributed by atoms with E-state index in [1.807, 2.05) is 36.0 Å². The second-order valence-electron chi connectivity index (χ2n) is 6.93. The standard InChI is InChI=1S/C23H20ClN3O3/c1-26-11-3-4-17(26)13-20-19-12-15(24)5-10-21(19)27(23(20)29)14-22(28)25-16-6-8-18(30-2)9-7-16/h3-13H,14H2,1-2H3,(H,25,28)/b20-13+. The van der Waals surface area contributed by atoms with Crippen LogP contribution in [-0.2, 0) is 16.6 Å². The van der Waals surface area contributed by atoms with Gasteiger partial charge in [0.15, 0.2) is 0 Å². The molecule has 0 unspecified atom stereocenters. The largest absolute Gasteiger partial charge is 0.497 e. The number of carbonyl (C=O) groups excluding carboxylic acids is 2. The molecule has 0 saturated heterocycles. The fourth-order valence-corrected chi connectivity index (χ4v) is 3.59. The van der Waals surface area contributed by atoms with Gasteiger partial charge in [-0.1, -0.05) is 11.6 Å². The summed E-state index contributed by atoms with van der Waals surface area (Å²) in [6, 6.07) is 16.1. The minimum atomic E-state index is -0.297. The molecule has 0 radical (unpaired) electrons. The van der Waals surface area contributed by atoms with Crippen molar-refractivity contribution in [2.24, 2.45) is 7.05 Å². The third-order valence-electron chi connectivity index (χ3n) is 4.97. The lowest BCUT2D eigenvalue weighted by Crippen LogP contribution is -2.35. The van der Waals surface area contributed by atoms with Crippen molar-refractivity contribution in [1.82, 2.24) is 4.57 Å². The van der Waals surface area contributed by atoms with Crippen molar-refractivity contribution in [3.05, 3.63) is 77.1 Å². The zero-order valence-electron chi connectivity index (χ0n) is 16.6. The van der Waals surface area contributed by atoms with E-state index < -0.39 is 0 Å². The summed E-state index contributed by atoms with van der Waals surface area (Å²) in [5.41, 5.74) is 3.39. The average Bonchev–Trinajstić information content (AvgIpc) is 3.25. The number of benzene rings is 2. The van der Waals surface area contributed by atoms with Crippen molar-refractivity contribution in [1.29, 1.82) is 0 Å². The third-order valence-corrected chi connectivity index (χ3v) is 5.20. The predicted octanol–water partition coefficient (Wildman–Crippen LogP) is 4.21. The molecule has 3 aromatic rings. The Hall–Kier alpha value is -3.51. The molecule has 4 rings (SSSR count). The van der Waals surface area contributed by atoms with Crippen LogP contribution in [0.3, 0.4) is 0 Å². The number of amides is 2. The maximum Gasteiger partial charge on any atom is 0.259 e. The highest BCUT2D eigenvalue weighted by atomic mass is 35.5. The Kier molecular flexibility index (Phi) is 5.33. The van der Waals surface area contributed by atoms with Crippen LogP contribution in [0.25, 0.3) is 11.6 Å². The number of nitrogens with one attached hydrogen (secondary N) is 1. The smallest absolute Gasteiger partial charge is 0.259 e. The molecule has 1 aromatic heterocycles. The molecular weight excluding hydrogens is 402 g/mol. The zero-order valence-corrected chi connectivity index (χ0v) is 17.3. The molecule has 0 fully saturated rings. The van der Waals surface area contributed by atoms with Gasteiger partial charge in [-0.15, -0.1) is 0 Å². The molecular formula is C23H20ClN3O3. The van der Waals surface area contributed by atoms with Crippen molar-refractivity contribution in [2.75, 3.05) is 23.9 Å². The van der Waals surface area contributed by atoms with Gasteiger partial charge in [-0.25, -0.2) is 0 Å². The van der Waals surface area contributed by atoms with Gasteiger partial charge in [-0.2, -0.15) is 0 Å². The molecule has 1 aliphatic rings. The van der Waals surface area contributed by atoms with Crippen LogP contribution in [0.2, 0.25) is 5.02 Å². The van der Waals surface area contributed by atoms with Crippen LogP contribution < -0.4 is 15.0 Å². The van der Waals surface area contributed by atoms with Crippen molar-refractivity contribution < 1.29 is 14.3 Å². The molecule has 0 aliphatic carbocycles. The van der Waals surface area contributed by atoms with E-state index in [1.165, 1.54) is 4.90 Å². The number of nitrogens with zero attached hydrogens (tertiary/aromatic N) is 2. The molecule has 30 heavy (non-hydrogen) atoms. The number of carbonyl (C=O) groups is 2. The van der Waals surface area contributed by atoms with Gasteiger partial charge in [0.1, 0.15) is 12.3 Å². The van der Waals surface area contributed by atoms with Gasteiger partial charge in [0.05, 0.1) is 18.4 Å². The van der Waals surface area contributed by atoms with Crippen LogP contribution in [0.4, 0.5) is 11.4 Å². The molecule has 1 aliphatic heterocycles. The van der Waals surface area contributed by atoms with Gasteiger partial charge in [0, 0.05) is 35.2 Å². The van der Waals surface area contributed by atoms with E-state index in [-0.39, 0.29) is 18.4 Å². The van der Waals surface area contributed by atoms with Crippen LogP contribution >= 0.6 is 11.6 Å². The maximum absolute atomic E-state index is 13.2. The quantitative estimate of drug-likeness (QED) is 0.627. The summed E-state index contributed by atoms with van der Waals surface area (Å²) < 4.78 is 7.04. The Morgan fingerprint density at radius 2 is 1.93 bits per heavy atom. The maximum atomic E-state index is 13.2. The Bertz CT molecular complexity index is 1150. The number of halogens is 1. The highest BCUT2D eigenvalue weighted by Crippen LogP contribution is 2.39. The SMILES string of the molecule is COc1ccc(NC(=O)CN2C(=O)/C(=C/c3cccn3C)c3cc(Cl)ccc32)cc1. The predicted molar refractivity (Wildman–Crippen MR) is 119 cm³/mol. The van der Waals surface area contributed by atoms with Gasteiger partial charge in [-0.05, 0) is 60.7 Å². The van der Waals surface area contributed by atoms with Gasteiger partial charge in [0.2, 0.25) is 5.91 Å². The van der Waals surface area contributed by atoms with Crippen molar-refractivity contribution in [3.63, 3.8) is 0 Å². The molecule has 1 N–H and O–H groups in total. The van der Waals surface area contributed by atoms with Crippen molar-refractivity contribution in [3.8, 4) is 5.75 Å². The molecule has 0 saturated carbocycles. The van der Waals surface area contributed by atoms with Crippen molar-refractivity contribution >= 4 is 46.4 Å². The molecule has 2 amide bonds. The minimum absolute atomic E-state index is 0.107. The molecule has 0 spiro atoms. The first-order valence-electron chi connectivity index (χ1n) is 9.35. The first-order chi connectivity index (χ1) is 14.5. The Labute approximate surface area is 179 Å². The van der Waals surface area contributed by atoms with E-state index in [0.717, 1.165) is 5.69 Å². The van der Waals surface area contributed by atoms with Crippen LogP contribution in [0.1, 0.15) is 11.3 Å². The number of aryl methyl sites for hydroxylation is 1. The second kappa shape index (κ2) is 8.08. The zero-order chi connectivity index (χ0) is 21.3. The van der Waals surface area contributed by atoms with E-state index in [0.29, 0.717) is 33.3 Å². The highest BCUT2D eigenvalue weighted by molar-refractivity contribution is 6.38. The number of aromatic nitrogens is 1. The van der Waals surface area contributed by atoms with E-state index in [1.54, 1.807) is 49.6 Å². The summed E-state index contributed by atoms with van der Waals surface area (Å²) in [5, 5.41) is 3.35. The molecule has 2 heterocycles. The first kappa shape index (κ1) is 19.8. The second-order valence-corrected chi connectivity index (χ2v) is 7.37. The van der Waals surface area contributed by atoms with Gasteiger partial charge in [-0.3, -0.25) is 14.5 Å². The van der Waals surface area contributed by atoms with E-state index in [2.05, 4.69) is 5.32 Å². The van der Waals surface area contributed by atoms with Gasteiger partial charge in [0.25, 0.3) is 5.91 Å². The number of methoxy groups -OCH3 is 1. The molecule has 6 nitrogen and oxygen atoms in total. The summed E-state index contributed by atoms with van der Waals surface area (Å²) in [6.07, 6.45) is 3.73. The summed E-state index contributed by atoms with van der Waals surface area (Å²) in [4.78, 5) is 27.3. The minimum Gasteiger partial charge on any atom is -0.497 e. The summed E-state index contributed by atoms with van der Waals surface area (Å²) in [5.74, 6) is 0.164. The first-order valence-corrected chi connectivity index (χ1v) is 9.73. The van der Waals surface area contributed by atoms with Crippen LogP contribution in [-0.4, -0.2) is 30.0 Å². The number of hydrogen-bond acceptors (Lipinski definition) is 3. The summed E-state index contributed by atoms with van der Waals surface area (Å²) >= 11 is 6.18. The fourth-order valence-electron chi connectivity index (χ4n) is 3.42. The Balaban J connectivity index is 1.60. The molecule has 0 atom stereocenters. The average molecular weight is 422 g/mol. The molecule has 2 aromatic carbocycles. The summed E-state index contributed by atoms with van der Waals surface area (Å²) in [7, 11) is 3.49. The third kappa shape index (κ3) is 3.82. The number of hydrogen-bond donors (Lipinski definition) is 1.